The summed E-state index contributed by atoms with van der Waals surface area (Å²) in [4.78, 5) is 22.0. The van der Waals surface area contributed by atoms with Crippen LogP contribution in [0.15, 0.2) is 58.3 Å². The van der Waals surface area contributed by atoms with Crippen LogP contribution in [0.4, 0.5) is 11.4 Å². The van der Waals surface area contributed by atoms with E-state index in [-0.39, 0.29) is 5.91 Å². The van der Waals surface area contributed by atoms with Gasteiger partial charge in [0.2, 0.25) is 5.91 Å². The van der Waals surface area contributed by atoms with Crippen molar-refractivity contribution in [1.29, 1.82) is 0 Å². The molecule has 2 aromatic carbocycles. The SMILES string of the molecule is Cc1ccc(-c2csc(SCC(=O)Nc3ccccc3N3CCN(C)CC3)n2)cc1. The van der Waals surface area contributed by atoms with Crippen LogP contribution in [0.25, 0.3) is 11.3 Å². The molecule has 1 amide bonds. The molecule has 0 spiro atoms. The highest BCUT2D eigenvalue weighted by Crippen LogP contribution is 2.30. The Morgan fingerprint density at radius 3 is 2.60 bits per heavy atom. The molecule has 1 aliphatic rings. The first-order valence-electron chi connectivity index (χ1n) is 10.1. The van der Waals surface area contributed by atoms with E-state index in [9.17, 15) is 4.79 Å². The number of likely N-dealkylation sites (N-methyl/N-ethyl adjacent to an activating group) is 1. The lowest BCUT2D eigenvalue weighted by atomic mass is 10.1. The molecule has 5 nitrogen and oxygen atoms in total. The van der Waals surface area contributed by atoms with Crippen molar-refractivity contribution in [2.45, 2.75) is 11.3 Å². The molecule has 156 valence electrons. The molecule has 0 atom stereocenters. The summed E-state index contributed by atoms with van der Waals surface area (Å²) in [5.41, 5.74) is 5.28. The maximum Gasteiger partial charge on any atom is 0.234 e. The molecular formula is C23H26N4OS2. The van der Waals surface area contributed by atoms with Gasteiger partial charge in [-0.05, 0) is 26.1 Å². The fourth-order valence-corrected chi connectivity index (χ4v) is 5.03. The van der Waals surface area contributed by atoms with Crippen molar-refractivity contribution in [3.05, 3.63) is 59.5 Å². The third-order valence-corrected chi connectivity index (χ3v) is 7.20. The van der Waals surface area contributed by atoms with E-state index in [2.05, 4.69) is 64.4 Å². The van der Waals surface area contributed by atoms with E-state index in [1.807, 2.05) is 23.6 Å². The van der Waals surface area contributed by atoms with Crippen LogP contribution in [0.1, 0.15) is 5.56 Å². The zero-order valence-corrected chi connectivity index (χ0v) is 18.9. The number of carbonyl (C=O) groups excluding carboxylic acids is 1. The van der Waals surface area contributed by atoms with E-state index in [1.54, 1.807) is 11.3 Å². The second-order valence-corrected chi connectivity index (χ2v) is 9.59. The average molecular weight is 439 g/mol. The predicted molar refractivity (Wildman–Crippen MR) is 128 cm³/mol. The molecule has 1 saturated heterocycles. The van der Waals surface area contributed by atoms with Crippen molar-refractivity contribution in [1.82, 2.24) is 9.88 Å². The van der Waals surface area contributed by atoms with Crippen molar-refractivity contribution in [3.8, 4) is 11.3 Å². The molecule has 1 aliphatic heterocycles. The average Bonchev–Trinajstić information content (AvgIpc) is 3.23. The molecule has 0 radical (unpaired) electrons. The van der Waals surface area contributed by atoms with Gasteiger partial charge in [0.05, 0.1) is 22.8 Å². The summed E-state index contributed by atoms with van der Waals surface area (Å²) >= 11 is 3.07. The number of benzene rings is 2. The number of thiazole rings is 1. The second-order valence-electron chi connectivity index (χ2n) is 7.51. The Morgan fingerprint density at radius 1 is 1.10 bits per heavy atom. The predicted octanol–water partition coefficient (Wildman–Crippen LogP) is 4.60. The Labute approximate surface area is 186 Å². The first-order chi connectivity index (χ1) is 14.6. The van der Waals surface area contributed by atoms with Crippen molar-refractivity contribution in [3.63, 3.8) is 0 Å². The van der Waals surface area contributed by atoms with Gasteiger partial charge in [-0.3, -0.25) is 4.79 Å². The number of nitrogens with zero attached hydrogens (tertiary/aromatic N) is 3. The minimum absolute atomic E-state index is 0.00587. The molecule has 0 bridgehead atoms. The van der Waals surface area contributed by atoms with Gasteiger partial charge in [-0.25, -0.2) is 4.98 Å². The van der Waals surface area contributed by atoms with Crippen LogP contribution in [-0.2, 0) is 4.79 Å². The van der Waals surface area contributed by atoms with E-state index in [0.29, 0.717) is 5.75 Å². The van der Waals surface area contributed by atoms with E-state index >= 15 is 0 Å². The number of hydrogen-bond acceptors (Lipinski definition) is 6. The molecule has 4 rings (SSSR count). The molecule has 0 saturated carbocycles. The Kier molecular flexibility index (Phi) is 6.72. The van der Waals surface area contributed by atoms with E-state index in [1.165, 1.54) is 17.3 Å². The highest BCUT2D eigenvalue weighted by molar-refractivity contribution is 8.01. The van der Waals surface area contributed by atoms with Crippen molar-refractivity contribution in [2.75, 3.05) is 49.2 Å². The van der Waals surface area contributed by atoms with Crippen molar-refractivity contribution >= 4 is 40.4 Å². The summed E-state index contributed by atoms with van der Waals surface area (Å²) in [5.74, 6) is 0.339. The van der Waals surface area contributed by atoms with Crippen LogP contribution in [0.5, 0.6) is 0 Å². The molecule has 1 N–H and O–H groups in total. The van der Waals surface area contributed by atoms with Crippen LogP contribution in [0, 0.1) is 6.92 Å². The monoisotopic (exact) mass is 438 g/mol. The number of nitrogens with one attached hydrogen (secondary N) is 1. The number of rotatable bonds is 6. The number of para-hydroxylation sites is 2. The third-order valence-electron chi connectivity index (χ3n) is 5.18. The largest absolute Gasteiger partial charge is 0.367 e. The topological polar surface area (TPSA) is 48.5 Å². The standard InChI is InChI=1S/C23H26N4OS2/c1-17-7-9-18(10-8-17)20-15-29-23(25-20)30-16-22(28)24-19-5-3-4-6-21(19)27-13-11-26(2)12-14-27/h3-10,15H,11-14,16H2,1-2H3,(H,24,28). The number of aryl methyl sites for hydroxylation is 1. The number of carbonyl (C=O) groups is 1. The maximum absolute atomic E-state index is 12.6. The first-order valence-corrected chi connectivity index (χ1v) is 11.9. The van der Waals surface area contributed by atoms with Gasteiger partial charge in [0.25, 0.3) is 0 Å². The molecule has 0 unspecified atom stereocenters. The number of anilines is 2. The van der Waals surface area contributed by atoms with Crippen LogP contribution in [0.2, 0.25) is 0 Å². The summed E-state index contributed by atoms with van der Waals surface area (Å²) in [6.45, 7) is 6.08. The van der Waals surface area contributed by atoms with E-state index < -0.39 is 0 Å². The van der Waals surface area contributed by atoms with Gasteiger partial charge >= 0.3 is 0 Å². The number of hydrogen-bond donors (Lipinski definition) is 1. The van der Waals surface area contributed by atoms with Gasteiger partial charge in [0.1, 0.15) is 0 Å². The number of piperazine rings is 1. The van der Waals surface area contributed by atoms with Crippen LogP contribution >= 0.6 is 23.1 Å². The molecule has 1 fully saturated rings. The summed E-state index contributed by atoms with van der Waals surface area (Å²) in [6, 6.07) is 16.4. The van der Waals surface area contributed by atoms with Gasteiger partial charge in [-0.2, -0.15) is 0 Å². The molecule has 0 aliphatic carbocycles. The first kappa shape index (κ1) is 20.9. The Bertz CT molecular complexity index is 994. The zero-order valence-electron chi connectivity index (χ0n) is 17.3. The highest BCUT2D eigenvalue weighted by Gasteiger charge is 2.18. The van der Waals surface area contributed by atoms with Gasteiger partial charge in [0, 0.05) is 37.1 Å². The molecular weight excluding hydrogens is 412 g/mol. The van der Waals surface area contributed by atoms with Gasteiger partial charge < -0.3 is 15.1 Å². The van der Waals surface area contributed by atoms with Gasteiger partial charge in [0.15, 0.2) is 4.34 Å². The normalized spacial score (nSPS) is 14.7. The lowest BCUT2D eigenvalue weighted by molar-refractivity contribution is -0.113. The lowest BCUT2D eigenvalue weighted by Gasteiger charge is -2.35. The second kappa shape index (κ2) is 9.64. The fraction of sp³-hybridized carbons (Fsp3) is 0.304. The summed E-state index contributed by atoms with van der Waals surface area (Å²) in [7, 11) is 2.14. The minimum Gasteiger partial charge on any atom is -0.367 e. The van der Waals surface area contributed by atoms with Crippen molar-refractivity contribution in [2.24, 2.45) is 0 Å². The smallest absolute Gasteiger partial charge is 0.234 e. The van der Waals surface area contributed by atoms with E-state index in [4.69, 9.17) is 0 Å². The zero-order chi connectivity index (χ0) is 20.9. The number of amides is 1. The van der Waals surface area contributed by atoms with Crippen LogP contribution in [-0.4, -0.2) is 54.8 Å². The summed E-state index contributed by atoms with van der Waals surface area (Å²) in [6.07, 6.45) is 0. The van der Waals surface area contributed by atoms with E-state index in [0.717, 1.165) is 53.2 Å². The lowest BCUT2D eigenvalue weighted by Crippen LogP contribution is -2.44. The Hall–Kier alpha value is -2.35. The summed E-state index contributed by atoms with van der Waals surface area (Å²) in [5, 5.41) is 5.15. The molecule has 2 heterocycles. The highest BCUT2D eigenvalue weighted by atomic mass is 32.2. The maximum atomic E-state index is 12.6. The van der Waals surface area contributed by atoms with Gasteiger partial charge in [-0.15, -0.1) is 11.3 Å². The fourth-order valence-electron chi connectivity index (χ4n) is 3.40. The van der Waals surface area contributed by atoms with Crippen molar-refractivity contribution < 1.29 is 4.79 Å². The summed E-state index contributed by atoms with van der Waals surface area (Å²) < 4.78 is 0.910. The van der Waals surface area contributed by atoms with Crippen LogP contribution < -0.4 is 10.2 Å². The molecule has 7 heteroatoms. The Balaban J connectivity index is 1.35. The molecule has 30 heavy (non-hydrogen) atoms. The third kappa shape index (κ3) is 5.22. The molecule has 1 aromatic heterocycles. The van der Waals surface area contributed by atoms with Crippen LogP contribution in [0.3, 0.4) is 0 Å². The quantitative estimate of drug-likeness (QED) is 0.570. The minimum atomic E-state index is -0.00587. The van der Waals surface area contributed by atoms with Gasteiger partial charge in [-0.1, -0.05) is 53.7 Å². The Morgan fingerprint density at radius 2 is 1.83 bits per heavy atom. The number of aromatic nitrogens is 1. The number of thioether (sulfide) groups is 1. The molecule has 3 aromatic rings.